The maximum atomic E-state index is 12.6. The third-order valence-electron chi connectivity index (χ3n) is 3.88. The molecule has 0 aliphatic rings. The number of carbonyl (C=O) groups excluding carboxylic acids is 1. The zero-order chi connectivity index (χ0) is 19.6. The van der Waals surface area contributed by atoms with E-state index in [1.807, 2.05) is 0 Å². The van der Waals surface area contributed by atoms with Gasteiger partial charge >= 0.3 is 0 Å². The van der Waals surface area contributed by atoms with Gasteiger partial charge in [-0.3, -0.25) is 20.0 Å². The highest BCUT2D eigenvalue weighted by Gasteiger charge is 2.22. The van der Waals surface area contributed by atoms with E-state index in [1.54, 1.807) is 13.0 Å². The topological polar surface area (TPSA) is 178 Å². The monoisotopic (exact) mass is 368 g/mol. The lowest BCUT2D eigenvalue weighted by atomic mass is 10.0. The molecule has 0 bridgehead atoms. The number of hydrogen-bond donors (Lipinski definition) is 4. The first-order chi connectivity index (χ1) is 12.9. The van der Waals surface area contributed by atoms with Gasteiger partial charge in [0.05, 0.1) is 33.8 Å². The van der Waals surface area contributed by atoms with Crippen molar-refractivity contribution in [3.8, 4) is 0 Å². The van der Waals surface area contributed by atoms with Crippen LogP contribution in [0, 0.1) is 10.1 Å². The minimum Gasteiger partial charge on any atom is -0.370 e. The van der Waals surface area contributed by atoms with E-state index in [1.165, 1.54) is 30.6 Å². The molecule has 2 heterocycles. The number of rotatable bonds is 5. The van der Waals surface area contributed by atoms with Crippen LogP contribution in [0.2, 0.25) is 0 Å². The number of anilines is 1. The average molecular weight is 368 g/mol. The molecule has 0 aliphatic carbocycles. The SMILES string of the molecule is CC(N=C(N)N)c1ccc(C(=O)Nc2ccnc3[nH]ncc23)cc1[N+](=O)[O-]. The largest absolute Gasteiger partial charge is 0.370 e. The fraction of sp³-hybridized carbons (Fsp3) is 0.125. The van der Waals surface area contributed by atoms with Crippen LogP contribution in [0.15, 0.2) is 41.7 Å². The van der Waals surface area contributed by atoms with E-state index in [0.717, 1.165) is 0 Å². The Labute approximate surface area is 152 Å². The second-order valence-electron chi connectivity index (χ2n) is 5.71. The van der Waals surface area contributed by atoms with E-state index < -0.39 is 16.9 Å². The van der Waals surface area contributed by atoms with Gasteiger partial charge in [0, 0.05) is 17.8 Å². The molecule has 138 valence electrons. The number of hydrogen-bond acceptors (Lipinski definition) is 6. The maximum Gasteiger partial charge on any atom is 0.275 e. The first-order valence-electron chi connectivity index (χ1n) is 7.83. The first kappa shape index (κ1) is 17.8. The molecule has 0 saturated carbocycles. The molecule has 0 fully saturated rings. The molecule has 1 amide bonds. The van der Waals surface area contributed by atoms with Gasteiger partial charge in [-0.2, -0.15) is 5.10 Å². The number of nitrogens with two attached hydrogens (primary N) is 2. The molecule has 2 aromatic heterocycles. The summed E-state index contributed by atoms with van der Waals surface area (Å²) in [4.78, 5) is 31.4. The first-order valence-corrected chi connectivity index (χ1v) is 7.83. The van der Waals surface area contributed by atoms with Crippen LogP contribution in [0.4, 0.5) is 11.4 Å². The standard InChI is InChI=1S/C16H16N8O3/c1-8(21-16(17)18)10-3-2-9(6-13(10)24(26)27)15(25)22-12-4-5-19-14-11(12)7-20-23-14/h2-8H,1H3,(H4,17,18,21)(H2,19,20,22,23,25). The van der Waals surface area contributed by atoms with Crippen LogP contribution in [0.25, 0.3) is 11.0 Å². The number of aromatic amines is 1. The molecule has 6 N–H and O–H groups in total. The summed E-state index contributed by atoms with van der Waals surface area (Å²) in [5.41, 5.74) is 11.8. The summed E-state index contributed by atoms with van der Waals surface area (Å²) in [5.74, 6) is -0.687. The number of nitrogens with zero attached hydrogens (tertiary/aromatic N) is 4. The number of guanidine groups is 1. The zero-order valence-electron chi connectivity index (χ0n) is 14.2. The lowest BCUT2D eigenvalue weighted by molar-refractivity contribution is -0.385. The highest BCUT2D eigenvalue weighted by atomic mass is 16.6. The Balaban J connectivity index is 1.93. The van der Waals surface area contributed by atoms with Crippen molar-refractivity contribution in [2.24, 2.45) is 16.5 Å². The quantitative estimate of drug-likeness (QED) is 0.228. The zero-order valence-corrected chi connectivity index (χ0v) is 14.2. The normalized spacial score (nSPS) is 11.7. The van der Waals surface area contributed by atoms with Gasteiger partial charge < -0.3 is 16.8 Å². The second-order valence-corrected chi connectivity index (χ2v) is 5.71. The van der Waals surface area contributed by atoms with Gasteiger partial charge in [0.2, 0.25) is 0 Å². The lowest BCUT2D eigenvalue weighted by Gasteiger charge is -2.10. The summed E-state index contributed by atoms with van der Waals surface area (Å²) in [6.07, 6.45) is 3.04. The van der Waals surface area contributed by atoms with Crippen molar-refractivity contribution < 1.29 is 9.72 Å². The summed E-state index contributed by atoms with van der Waals surface area (Å²) >= 11 is 0. The molecule has 1 aromatic carbocycles. The number of benzene rings is 1. The third-order valence-corrected chi connectivity index (χ3v) is 3.88. The molecule has 0 spiro atoms. The Morgan fingerprint density at radius 3 is 2.85 bits per heavy atom. The van der Waals surface area contributed by atoms with Crippen LogP contribution >= 0.6 is 0 Å². The van der Waals surface area contributed by atoms with Crippen molar-refractivity contribution in [3.05, 3.63) is 57.9 Å². The molecule has 1 unspecified atom stereocenters. The van der Waals surface area contributed by atoms with Crippen molar-refractivity contribution >= 4 is 34.3 Å². The van der Waals surface area contributed by atoms with E-state index in [0.29, 0.717) is 22.3 Å². The Bertz CT molecular complexity index is 1050. The lowest BCUT2D eigenvalue weighted by Crippen LogP contribution is -2.23. The Morgan fingerprint density at radius 2 is 2.15 bits per heavy atom. The molecule has 27 heavy (non-hydrogen) atoms. The van der Waals surface area contributed by atoms with E-state index >= 15 is 0 Å². The average Bonchev–Trinajstić information content (AvgIpc) is 3.10. The molecule has 1 atom stereocenters. The summed E-state index contributed by atoms with van der Waals surface area (Å²) < 4.78 is 0. The molecule has 11 heteroatoms. The van der Waals surface area contributed by atoms with E-state index in [9.17, 15) is 14.9 Å². The smallest absolute Gasteiger partial charge is 0.275 e. The molecule has 0 aliphatic heterocycles. The summed E-state index contributed by atoms with van der Waals surface area (Å²) in [5, 5.41) is 21.3. The van der Waals surface area contributed by atoms with Crippen molar-refractivity contribution in [2.45, 2.75) is 13.0 Å². The summed E-state index contributed by atoms with van der Waals surface area (Å²) in [7, 11) is 0. The Hall–Kier alpha value is -4.02. The number of H-pyrrole nitrogens is 1. The highest BCUT2D eigenvalue weighted by Crippen LogP contribution is 2.29. The number of aliphatic imine (C=N–C) groups is 1. The van der Waals surface area contributed by atoms with Crippen molar-refractivity contribution in [1.82, 2.24) is 15.2 Å². The van der Waals surface area contributed by atoms with Crippen LogP contribution in [-0.2, 0) is 0 Å². The van der Waals surface area contributed by atoms with E-state index in [2.05, 4.69) is 25.5 Å². The van der Waals surface area contributed by atoms with Gasteiger partial charge in [0.15, 0.2) is 11.6 Å². The number of amides is 1. The molecule has 0 saturated heterocycles. The highest BCUT2D eigenvalue weighted by molar-refractivity contribution is 6.08. The summed E-state index contributed by atoms with van der Waals surface area (Å²) in [6.45, 7) is 1.62. The summed E-state index contributed by atoms with van der Waals surface area (Å²) in [6, 6.07) is 5.11. The van der Waals surface area contributed by atoms with Crippen LogP contribution in [0.1, 0.15) is 28.9 Å². The fourth-order valence-electron chi connectivity index (χ4n) is 2.64. The number of fused-ring (bicyclic) bond motifs is 1. The third kappa shape index (κ3) is 3.66. The van der Waals surface area contributed by atoms with Gasteiger partial charge in [0.25, 0.3) is 11.6 Å². The molecule has 3 rings (SSSR count). The predicted molar refractivity (Wildman–Crippen MR) is 99.2 cm³/mol. The van der Waals surface area contributed by atoms with Crippen LogP contribution in [-0.4, -0.2) is 32.0 Å². The van der Waals surface area contributed by atoms with Gasteiger partial charge in [-0.1, -0.05) is 0 Å². The van der Waals surface area contributed by atoms with Crippen LogP contribution in [0.3, 0.4) is 0 Å². The van der Waals surface area contributed by atoms with E-state index in [4.69, 9.17) is 11.5 Å². The predicted octanol–water partition coefficient (Wildman–Crippen LogP) is 1.45. The number of carbonyl (C=O) groups is 1. The fourth-order valence-corrected chi connectivity index (χ4v) is 2.64. The molecule has 0 radical (unpaired) electrons. The van der Waals surface area contributed by atoms with Gasteiger partial charge in [-0.05, 0) is 25.1 Å². The second kappa shape index (κ2) is 7.07. The van der Waals surface area contributed by atoms with Crippen molar-refractivity contribution in [2.75, 3.05) is 5.32 Å². The molecule has 3 aromatic rings. The number of nitro groups is 1. The van der Waals surface area contributed by atoms with Crippen LogP contribution in [0.5, 0.6) is 0 Å². The molecule has 11 nitrogen and oxygen atoms in total. The number of pyridine rings is 1. The van der Waals surface area contributed by atoms with Gasteiger partial charge in [-0.25, -0.2) is 9.98 Å². The van der Waals surface area contributed by atoms with Crippen LogP contribution < -0.4 is 16.8 Å². The minimum absolute atomic E-state index is 0.121. The Kier molecular flexibility index (Phi) is 4.66. The van der Waals surface area contributed by atoms with E-state index in [-0.39, 0.29) is 17.2 Å². The number of aromatic nitrogens is 3. The van der Waals surface area contributed by atoms with Gasteiger partial charge in [-0.15, -0.1) is 0 Å². The number of nitro benzene ring substituents is 1. The van der Waals surface area contributed by atoms with Crippen molar-refractivity contribution in [3.63, 3.8) is 0 Å². The molecular weight excluding hydrogens is 352 g/mol. The molecular formula is C16H16N8O3. The maximum absolute atomic E-state index is 12.6. The Morgan fingerprint density at radius 1 is 1.37 bits per heavy atom. The van der Waals surface area contributed by atoms with Crippen molar-refractivity contribution in [1.29, 1.82) is 0 Å². The number of nitrogens with one attached hydrogen (secondary N) is 2. The van der Waals surface area contributed by atoms with Gasteiger partial charge in [0.1, 0.15) is 0 Å². The minimum atomic E-state index is -0.627.